The van der Waals surface area contributed by atoms with Gasteiger partial charge in [0.1, 0.15) is 0 Å². The molecule has 1 saturated carbocycles. The van der Waals surface area contributed by atoms with Gasteiger partial charge in [-0.1, -0.05) is 17.7 Å². The lowest BCUT2D eigenvalue weighted by Crippen LogP contribution is -2.21. The van der Waals surface area contributed by atoms with Crippen LogP contribution in [0.25, 0.3) is 0 Å². The van der Waals surface area contributed by atoms with Crippen LogP contribution in [0.5, 0.6) is 0 Å². The molecular formula is C13H18ClN3O. The molecule has 0 atom stereocenters. The van der Waals surface area contributed by atoms with Gasteiger partial charge in [-0.15, -0.1) is 0 Å². The Morgan fingerprint density at radius 1 is 1.39 bits per heavy atom. The van der Waals surface area contributed by atoms with E-state index in [0.29, 0.717) is 16.3 Å². The number of primary amides is 1. The molecule has 0 aromatic heterocycles. The van der Waals surface area contributed by atoms with Gasteiger partial charge in [0.15, 0.2) is 0 Å². The fraction of sp³-hybridized carbons (Fsp3) is 0.462. The first-order valence-electron chi connectivity index (χ1n) is 6.24. The number of hydrogen-bond acceptors (Lipinski definition) is 3. The maximum Gasteiger partial charge on any atom is 0.252 e. The summed E-state index contributed by atoms with van der Waals surface area (Å²) in [5.74, 6) is -0.501. The number of nitrogens with two attached hydrogens (primary N) is 1. The summed E-state index contributed by atoms with van der Waals surface area (Å²) in [5, 5.41) is 7.03. The van der Waals surface area contributed by atoms with Gasteiger partial charge in [0.2, 0.25) is 0 Å². The standard InChI is InChI=1S/C13H18ClN3O/c14-10-3-1-4-11(12(10)13(15)18)17-8-2-7-16-9-5-6-9/h1,3-4,9,16-17H,2,5-8H2,(H2,15,18). The second-order valence-electron chi connectivity index (χ2n) is 4.54. The fourth-order valence-electron chi connectivity index (χ4n) is 1.83. The SMILES string of the molecule is NC(=O)c1c(Cl)cccc1NCCCNC1CC1. The van der Waals surface area contributed by atoms with Gasteiger partial charge in [-0.05, 0) is 37.9 Å². The molecule has 1 fully saturated rings. The Hall–Kier alpha value is -1.26. The lowest BCUT2D eigenvalue weighted by atomic mass is 10.1. The number of carbonyl (C=O) groups is 1. The molecule has 0 spiro atoms. The van der Waals surface area contributed by atoms with E-state index in [4.69, 9.17) is 17.3 Å². The zero-order valence-electron chi connectivity index (χ0n) is 10.2. The molecule has 0 radical (unpaired) electrons. The van der Waals surface area contributed by atoms with Crippen molar-refractivity contribution >= 4 is 23.2 Å². The van der Waals surface area contributed by atoms with Crippen LogP contribution in [-0.2, 0) is 0 Å². The van der Waals surface area contributed by atoms with Crippen LogP contribution < -0.4 is 16.4 Å². The molecule has 0 unspecified atom stereocenters. The summed E-state index contributed by atoms with van der Waals surface area (Å²) in [4.78, 5) is 11.3. The molecule has 2 rings (SSSR count). The van der Waals surface area contributed by atoms with Gasteiger partial charge in [-0.3, -0.25) is 4.79 Å². The van der Waals surface area contributed by atoms with Crippen LogP contribution in [0.15, 0.2) is 18.2 Å². The van der Waals surface area contributed by atoms with Crippen molar-refractivity contribution in [1.29, 1.82) is 0 Å². The highest BCUT2D eigenvalue weighted by Gasteiger charge is 2.19. The summed E-state index contributed by atoms with van der Waals surface area (Å²) in [6, 6.07) is 6.03. The van der Waals surface area contributed by atoms with E-state index < -0.39 is 5.91 Å². The van der Waals surface area contributed by atoms with Crippen molar-refractivity contribution < 1.29 is 4.79 Å². The molecule has 4 N–H and O–H groups in total. The highest BCUT2D eigenvalue weighted by Crippen LogP contribution is 2.23. The molecule has 0 heterocycles. The third-order valence-electron chi connectivity index (χ3n) is 2.94. The molecule has 0 aliphatic heterocycles. The van der Waals surface area contributed by atoms with E-state index in [2.05, 4.69) is 10.6 Å². The first-order valence-corrected chi connectivity index (χ1v) is 6.62. The molecule has 4 nitrogen and oxygen atoms in total. The monoisotopic (exact) mass is 267 g/mol. The summed E-state index contributed by atoms with van der Waals surface area (Å²) in [6.07, 6.45) is 3.60. The zero-order valence-corrected chi connectivity index (χ0v) is 11.0. The van der Waals surface area contributed by atoms with Crippen molar-refractivity contribution in [2.24, 2.45) is 5.73 Å². The van der Waals surface area contributed by atoms with Gasteiger partial charge in [0, 0.05) is 18.3 Å². The molecule has 0 bridgehead atoms. The summed E-state index contributed by atoms with van der Waals surface area (Å²) >= 11 is 5.96. The summed E-state index contributed by atoms with van der Waals surface area (Å²) in [7, 11) is 0. The second kappa shape index (κ2) is 6.07. The summed E-state index contributed by atoms with van der Waals surface area (Å²) < 4.78 is 0. The van der Waals surface area contributed by atoms with E-state index in [9.17, 15) is 4.79 Å². The first-order chi connectivity index (χ1) is 8.68. The van der Waals surface area contributed by atoms with Gasteiger partial charge in [0.05, 0.1) is 10.6 Å². The fourth-order valence-corrected chi connectivity index (χ4v) is 2.09. The minimum absolute atomic E-state index is 0.370. The second-order valence-corrected chi connectivity index (χ2v) is 4.94. The Bertz CT molecular complexity index is 432. The van der Waals surface area contributed by atoms with Crippen molar-refractivity contribution in [2.75, 3.05) is 18.4 Å². The van der Waals surface area contributed by atoms with Crippen LogP contribution >= 0.6 is 11.6 Å². The van der Waals surface area contributed by atoms with Crippen molar-refractivity contribution in [3.05, 3.63) is 28.8 Å². The van der Waals surface area contributed by atoms with Crippen LogP contribution in [0.3, 0.4) is 0 Å². The Morgan fingerprint density at radius 3 is 2.83 bits per heavy atom. The number of nitrogens with one attached hydrogen (secondary N) is 2. The summed E-state index contributed by atoms with van der Waals surface area (Å²) in [6.45, 7) is 1.78. The number of halogens is 1. The third kappa shape index (κ3) is 3.62. The lowest BCUT2D eigenvalue weighted by Gasteiger charge is -2.11. The van der Waals surface area contributed by atoms with Gasteiger partial charge in [-0.25, -0.2) is 0 Å². The van der Waals surface area contributed by atoms with Crippen LogP contribution in [0.4, 0.5) is 5.69 Å². The molecule has 1 aliphatic rings. The van der Waals surface area contributed by atoms with E-state index in [0.717, 1.165) is 25.6 Å². The Balaban J connectivity index is 1.83. The Labute approximate surface area is 112 Å². The van der Waals surface area contributed by atoms with Gasteiger partial charge in [0.25, 0.3) is 5.91 Å². The predicted molar refractivity (Wildman–Crippen MR) is 74.1 cm³/mol. The Morgan fingerprint density at radius 2 is 2.17 bits per heavy atom. The maximum absolute atomic E-state index is 11.3. The van der Waals surface area contributed by atoms with E-state index in [-0.39, 0.29) is 0 Å². The van der Waals surface area contributed by atoms with E-state index in [1.165, 1.54) is 12.8 Å². The van der Waals surface area contributed by atoms with E-state index >= 15 is 0 Å². The molecule has 1 aromatic carbocycles. The van der Waals surface area contributed by atoms with Gasteiger partial charge in [-0.2, -0.15) is 0 Å². The number of anilines is 1. The molecule has 0 saturated heterocycles. The molecule has 98 valence electrons. The normalized spacial score (nSPS) is 14.5. The lowest BCUT2D eigenvalue weighted by molar-refractivity contribution is 0.100. The van der Waals surface area contributed by atoms with Crippen molar-refractivity contribution in [3.8, 4) is 0 Å². The molecule has 1 aromatic rings. The van der Waals surface area contributed by atoms with Crippen LogP contribution in [0, 0.1) is 0 Å². The quantitative estimate of drug-likeness (QED) is 0.662. The zero-order chi connectivity index (χ0) is 13.0. The summed E-state index contributed by atoms with van der Waals surface area (Å²) in [5.41, 5.74) is 6.40. The number of carbonyl (C=O) groups excluding carboxylic acids is 1. The van der Waals surface area contributed by atoms with Crippen LogP contribution in [0.1, 0.15) is 29.6 Å². The van der Waals surface area contributed by atoms with Crippen molar-refractivity contribution in [2.45, 2.75) is 25.3 Å². The number of hydrogen-bond donors (Lipinski definition) is 3. The molecule has 5 heteroatoms. The first kappa shape index (κ1) is 13.2. The highest BCUT2D eigenvalue weighted by atomic mass is 35.5. The smallest absolute Gasteiger partial charge is 0.252 e. The van der Waals surface area contributed by atoms with Gasteiger partial charge < -0.3 is 16.4 Å². The average Bonchev–Trinajstić information content (AvgIpc) is 3.12. The van der Waals surface area contributed by atoms with Crippen LogP contribution in [-0.4, -0.2) is 25.0 Å². The number of rotatable bonds is 7. The average molecular weight is 268 g/mol. The molecule has 1 amide bonds. The molecular weight excluding hydrogens is 250 g/mol. The van der Waals surface area contributed by atoms with Gasteiger partial charge >= 0.3 is 0 Å². The number of amides is 1. The van der Waals surface area contributed by atoms with E-state index in [1.54, 1.807) is 12.1 Å². The van der Waals surface area contributed by atoms with Crippen molar-refractivity contribution in [3.63, 3.8) is 0 Å². The molecule has 18 heavy (non-hydrogen) atoms. The van der Waals surface area contributed by atoms with E-state index in [1.807, 2.05) is 6.07 Å². The highest BCUT2D eigenvalue weighted by molar-refractivity contribution is 6.34. The minimum atomic E-state index is -0.501. The minimum Gasteiger partial charge on any atom is -0.384 e. The topological polar surface area (TPSA) is 67.2 Å². The van der Waals surface area contributed by atoms with Crippen molar-refractivity contribution in [1.82, 2.24) is 5.32 Å². The maximum atomic E-state index is 11.3. The largest absolute Gasteiger partial charge is 0.384 e. The predicted octanol–water partition coefficient (Wildman–Crippen LogP) is 1.99. The molecule has 1 aliphatic carbocycles. The third-order valence-corrected chi connectivity index (χ3v) is 3.25. The van der Waals surface area contributed by atoms with Crippen LogP contribution in [0.2, 0.25) is 5.02 Å². The number of benzene rings is 1. The Kier molecular flexibility index (Phi) is 4.44.